The van der Waals surface area contributed by atoms with Gasteiger partial charge in [-0.2, -0.15) is 0 Å². The summed E-state index contributed by atoms with van der Waals surface area (Å²) in [5.41, 5.74) is 4.58. The first-order chi connectivity index (χ1) is 13.8. The SMILES string of the molecule is O=C(NCc1ccccc1-c1ccc(Cn2ccnc2)cc1)C1COCCN1. The van der Waals surface area contributed by atoms with E-state index in [1.165, 1.54) is 5.56 Å². The molecule has 6 nitrogen and oxygen atoms in total. The van der Waals surface area contributed by atoms with Gasteiger partial charge >= 0.3 is 0 Å². The number of carbonyl (C=O) groups excluding carboxylic acids is 1. The zero-order valence-electron chi connectivity index (χ0n) is 15.7. The number of nitrogens with one attached hydrogen (secondary N) is 2. The molecule has 1 fully saturated rings. The molecule has 1 unspecified atom stereocenters. The van der Waals surface area contributed by atoms with Gasteiger partial charge in [0, 0.05) is 32.0 Å². The fourth-order valence-corrected chi connectivity index (χ4v) is 3.38. The zero-order chi connectivity index (χ0) is 19.2. The third-order valence-electron chi connectivity index (χ3n) is 4.90. The molecule has 1 aromatic heterocycles. The van der Waals surface area contributed by atoms with Crippen molar-refractivity contribution in [1.29, 1.82) is 0 Å². The molecule has 0 spiro atoms. The average Bonchev–Trinajstić information content (AvgIpc) is 3.26. The highest BCUT2D eigenvalue weighted by atomic mass is 16.5. The van der Waals surface area contributed by atoms with Gasteiger partial charge in [0.1, 0.15) is 6.04 Å². The van der Waals surface area contributed by atoms with Crippen LogP contribution in [0.15, 0.2) is 67.3 Å². The molecule has 1 aliphatic rings. The van der Waals surface area contributed by atoms with Crippen molar-refractivity contribution in [3.8, 4) is 11.1 Å². The van der Waals surface area contributed by atoms with Crippen LogP contribution in [0.4, 0.5) is 0 Å². The summed E-state index contributed by atoms with van der Waals surface area (Å²) in [7, 11) is 0. The van der Waals surface area contributed by atoms with Crippen molar-refractivity contribution >= 4 is 5.91 Å². The summed E-state index contributed by atoms with van der Waals surface area (Å²) in [6.07, 6.45) is 5.56. The molecule has 0 radical (unpaired) electrons. The number of morpholine rings is 1. The Morgan fingerprint density at radius 1 is 1.21 bits per heavy atom. The normalized spacial score (nSPS) is 16.6. The lowest BCUT2D eigenvalue weighted by Crippen LogP contribution is -2.51. The molecule has 6 heteroatoms. The summed E-state index contributed by atoms with van der Waals surface area (Å²) in [5, 5.41) is 6.21. The van der Waals surface area contributed by atoms with Crippen LogP contribution in [0.2, 0.25) is 0 Å². The summed E-state index contributed by atoms with van der Waals surface area (Å²) < 4.78 is 7.41. The molecule has 2 heterocycles. The van der Waals surface area contributed by atoms with Crippen molar-refractivity contribution < 1.29 is 9.53 Å². The van der Waals surface area contributed by atoms with Crippen molar-refractivity contribution in [2.24, 2.45) is 0 Å². The minimum absolute atomic E-state index is 0.0230. The topological polar surface area (TPSA) is 68.2 Å². The maximum absolute atomic E-state index is 12.4. The Kier molecular flexibility index (Phi) is 5.80. The van der Waals surface area contributed by atoms with Crippen LogP contribution in [0, 0.1) is 0 Å². The fraction of sp³-hybridized carbons (Fsp3) is 0.273. The molecule has 2 aromatic carbocycles. The molecular weight excluding hydrogens is 352 g/mol. The summed E-state index contributed by atoms with van der Waals surface area (Å²) >= 11 is 0. The Morgan fingerprint density at radius 3 is 2.82 bits per heavy atom. The van der Waals surface area contributed by atoms with Crippen molar-refractivity contribution in [3.05, 3.63) is 78.4 Å². The maximum Gasteiger partial charge on any atom is 0.239 e. The van der Waals surface area contributed by atoms with Crippen molar-refractivity contribution in [3.63, 3.8) is 0 Å². The van der Waals surface area contributed by atoms with E-state index in [0.29, 0.717) is 26.3 Å². The van der Waals surface area contributed by atoms with Gasteiger partial charge in [0.15, 0.2) is 0 Å². The first-order valence-corrected chi connectivity index (χ1v) is 9.51. The third-order valence-corrected chi connectivity index (χ3v) is 4.90. The van der Waals surface area contributed by atoms with E-state index < -0.39 is 0 Å². The molecule has 144 valence electrons. The van der Waals surface area contributed by atoms with E-state index in [1.54, 1.807) is 6.20 Å². The van der Waals surface area contributed by atoms with E-state index >= 15 is 0 Å². The Balaban J connectivity index is 1.44. The number of amides is 1. The largest absolute Gasteiger partial charge is 0.378 e. The van der Waals surface area contributed by atoms with Crippen LogP contribution in [0.5, 0.6) is 0 Å². The number of aromatic nitrogens is 2. The zero-order valence-corrected chi connectivity index (χ0v) is 15.7. The highest BCUT2D eigenvalue weighted by molar-refractivity contribution is 5.82. The monoisotopic (exact) mass is 376 g/mol. The van der Waals surface area contributed by atoms with Gasteiger partial charge in [0.2, 0.25) is 5.91 Å². The molecule has 1 atom stereocenters. The van der Waals surface area contributed by atoms with Gasteiger partial charge in [-0.1, -0.05) is 48.5 Å². The summed E-state index contributed by atoms with van der Waals surface area (Å²) in [6, 6.07) is 16.4. The van der Waals surface area contributed by atoms with Crippen LogP contribution in [-0.2, 0) is 22.6 Å². The van der Waals surface area contributed by atoms with E-state index in [4.69, 9.17) is 4.74 Å². The minimum atomic E-state index is -0.275. The number of hydrogen-bond acceptors (Lipinski definition) is 4. The second-order valence-corrected chi connectivity index (χ2v) is 6.89. The molecule has 1 saturated heterocycles. The highest BCUT2D eigenvalue weighted by Crippen LogP contribution is 2.24. The Hall–Kier alpha value is -2.96. The molecule has 1 amide bonds. The summed E-state index contributed by atoms with van der Waals surface area (Å²) in [5.74, 6) is -0.0230. The Labute approximate surface area is 164 Å². The second kappa shape index (κ2) is 8.82. The predicted molar refractivity (Wildman–Crippen MR) is 108 cm³/mol. The second-order valence-electron chi connectivity index (χ2n) is 6.89. The third kappa shape index (κ3) is 4.47. The molecule has 28 heavy (non-hydrogen) atoms. The summed E-state index contributed by atoms with van der Waals surface area (Å²) in [6.45, 7) is 3.08. The average molecular weight is 376 g/mol. The molecule has 2 N–H and O–H groups in total. The summed E-state index contributed by atoms with van der Waals surface area (Å²) in [4.78, 5) is 16.4. The van der Waals surface area contributed by atoms with Gasteiger partial charge in [-0.05, 0) is 22.3 Å². The Morgan fingerprint density at radius 2 is 2.07 bits per heavy atom. The lowest BCUT2D eigenvalue weighted by Gasteiger charge is -2.23. The smallest absolute Gasteiger partial charge is 0.239 e. The predicted octanol–water partition coefficient (Wildman–Crippen LogP) is 2.20. The number of hydrogen-bond donors (Lipinski definition) is 2. The molecule has 0 bridgehead atoms. The van der Waals surface area contributed by atoms with E-state index in [2.05, 4.69) is 52.0 Å². The van der Waals surface area contributed by atoms with Crippen LogP contribution < -0.4 is 10.6 Å². The van der Waals surface area contributed by atoms with E-state index in [9.17, 15) is 4.79 Å². The van der Waals surface area contributed by atoms with Gasteiger partial charge in [-0.15, -0.1) is 0 Å². The van der Waals surface area contributed by atoms with Crippen LogP contribution in [0.25, 0.3) is 11.1 Å². The number of rotatable bonds is 6. The van der Waals surface area contributed by atoms with Crippen LogP contribution >= 0.6 is 0 Å². The number of nitrogens with zero attached hydrogens (tertiary/aromatic N) is 2. The van der Waals surface area contributed by atoms with Crippen LogP contribution in [0.1, 0.15) is 11.1 Å². The van der Waals surface area contributed by atoms with Gasteiger partial charge < -0.3 is 19.9 Å². The van der Waals surface area contributed by atoms with E-state index in [0.717, 1.165) is 23.2 Å². The van der Waals surface area contributed by atoms with Crippen molar-refractivity contribution in [2.75, 3.05) is 19.8 Å². The molecular formula is C22H24N4O2. The molecule has 1 aliphatic heterocycles. The molecule has 0 aliphatic carbocycles. The van der Waals surface area contributed by atoms with E-state index in [-0.39, 0.29) is 11.9 Å². The lowest BCUT2D eigenvalue weighted by molar-refractivity contribution is -0.126. The van der Waals surface area contributed by atoms with Gasteiger partial charge in [-0.25, -0.2) is 4.98 Å². The fourth-order valence-electron chi connectivity index (χ4n) is 3.38. The van der Waals surface area contributed by atoms with Crippen molar-refractivity contribution in [1.82, 2.24) is 20.2 Å². The maximum atomic E-state index is 12.4. The minimum Gasteiger partial charge on any atom is -0.378 e. The molecule has 0 saturated carbocycles. The highest BCUT2D eigenvalue weighted by Gasteiger charge is 2.20. The van der Waals surface area contributed by atoms with Crippen molar-refractivity contribution in [2.45, 2.75) is 19.1 Å². The Bertz CT molecular complexity index is 901. The first-order valence-electron chi connectivity index (χ1n) is 9.51. The van der Waals surface area contributed by atoms with E-state index in [1.807, 2.05) is 29.2 Å². The standard InChI is InChI=1S/C22H24N4O2/c27-22(21-15-28-12-10-24-21)25-13-19-3-1-2-4-20(19)18-7-5-17(6-8-18)14-26-11-9-23-16-26/h1-9,11,16,21,24H,10,12-15H2,(H,25,27). The van der Waals surface area contributed by atoms with Gasteiger partial charge in [-0.3, -0.25) is 4.79 Å². The van der Waals surface area contributed by atoms with Gasteiger partial charge in [0.05, 0.1) is 19.5 Å². The van der Waals surface area contributed by atoms with Crippen LogP contribution in [0.3, 0.4) is 0 Å². The molecule has 4 rings (SSSR count). The number of benzene rings is 2. The first kappa shape index (κ1) is 18.4. The quantitative estimate of drug-likeness (QED) is 0.692. The molecule has 3 aromatic rings. The number of carbonyl (C=O) groups is 1. The van der Waals surface area contributed by atoms with Gasteiger partial charge in [0.25, 0.3) is 0 Å². The van der Waals surface area contributed by atoms with Crippen LogP contribution in [-0.4, -0.2) is 41.3 Å². The number of imidazole rings is 1. The number of ether oxygens (including phenoxy) is 1. The lowest BCUT2D eigenvalue weighted by atomic mass is 9.98.